The minimum Gasteiger partial charge on any atom is -0.333 e. The van der Waals surface area contributed by atoms with E-state index in [1.54, 1.807) is 0 Å². The van der Waals surface area contributed by atoms with Crippen LogP contribution in [0.4, 0.5) is 0 Å². The predicted molar refractivity (Wildman–Crippen MR) is 38.7 cm³/mol. The van der Waals surface area contributed by atoms with E-state index in [2.05, 4.69) is 11.5 Å². The molecule has 1 aliphatic carbocycles. The van der Waals surface area contributed by atoms with Crippen molar-refractivity contribution in [2.75, 3.05) is 14.1 Å². The largest absolute Gasteiger partial charge is 0.333 e. The van der Waals surface area contributed by atoms with Crippen molar-refractivity contribution in [2.24, 2.45) is 11.5 Å². The maximum Gasteiger partial charge on any atom is 0 e. The van der Waals surface area contributed by atoms with E-state index in [1.165, 1.54) is 39.8 Å². The van der Waals surface area contributed by atoms with Gasteiger partial charge in [-0.1, -0.05) is 25.7 Å². The molecule has 0 amide bonds. The van der Waals surface area contributed by atoms with E-state index >= 15 is 0 Å². The molecule has 4 N–H and O–H groups in total. The van der Waals surface area contributed by atoms with Crippen LogP contribution in [-0.2, 0) is 32.7 Å². The quantitative estimate of drug-likeness (QED) is 0.614. The number of hydrogen-bond acceptors (Lipinski definition) is 2. The Labute approximate surface area is 83.6 Å². The molecule has 0 bridgehead atoms. The van der Waals surface area contributed by atoms with Gasteiger partial charge in [0.05, 0.1) is 0 Å². The second-order valence-electron chi connectivity index (χ2n) is 1.41. The van der Waals surface area contributed by atoms with E-state index in [-0.39, 0.29) is 32.7 Å². The Morgan fingerprint density at radius 2 is 0.778 bits per heavy atom. The molecule has 0 aromatic heterocycles. The van der Waals surface area contributed by atoms with Gasteiger partial charge in [-0.2, -0.15) is 0 Å². The zero-order valence-corrected chi connectivity index (χ0v) is 9.40. The van der Waals surface area contributed by atoms with Crippen molar-refractivity contribution in [2.45, 2.75) is 25.7 Å². The molecule has 0 saturated heterocycles. The molecular weight excluding hydrogens is 189 g/mol. The third-order valence-corrected chi connectivity index (χ3v) is 1.000. The SMILES string of the molecule is C1CCC1.CN.CN.[Y]. The summed E-state index contributed by atoms with van der Waals surface area (Å²) in [5.41, 5.74) is 9.00. The molecule has 0 atom stereocenters. The van der Waals surface area contributed by atoms with Crippen LogP contribution in [0.15, 0.2) is 0 Å². The maximum atomic E-state index is 4.50. The van der Waals surface area contributed by atoms with Crippen molar-refractivity contribution in [3.8, 4) is 0 Å². The second kappa shape index (κ2) is 23.0. The van der Waals surface area contributed by atoms with Gasteiger partial charge in [0.1, 0.15) is 0 Å². The molecule has 1 aliphatic rings. The normalized spacial score (nSPS) is 12.0. The van der Waals surface area contributed by atoms with Gasteiger partial charge in [-0.25, -0.2) is 0 Å². The Morgan fingerprint density at radius 1 is 0.667 bits per heavy atom. The molecule has 1 rings (SSSR count). The van der Waals surface area contributed by atoms with E-state index in [4.69, 9.17) is 0 Å². The molecular formula is C6H18N2Y. The van der Waals surface area contributed by atoms with Crippen LogP contribution in [0.1, 0.15) is 25.7 Å². The van der Waals surface area contributed by atoms with Gasteiger partial charge in [-0.15, -0.1) is 0 Å². The molecule has 55 valence electrons. The van der Waals surface area contributed by atoms with Crippen LogP contribution in [0, 0.1) is 0 Å². The van der Waals surface area contributed by atoms with Gasteiger partial charge in [0, 0.05) is 32.7 Å². The van der Waals surface area contributed by atoms with E-state index in [0.29, 0.717) is 0 Å². The van der Waals surface area contributed by atoms with Crippen molar-refractivity contribution < 1.29 is 32.7 Å². The summed E-state index contributed by atoms with van der Waals surface area (Å²) in [5, 5.41) is 0. The van der Waals surface area contributed by atoms with Crippen LogP contribution in [0.3, 0.4) is 0 Å². The molecule has 0 spiro atoms. The van der Waals surface area contributed by atoms with Crippen molar-refractivity contribution in [1.82, 2.24) is 0 Å². The summed E-state index contributed by atoms with van der Waals surface area (Å²) < 4.78 is 0. The number of rotatable bonds is 0. The van der Waals surface area contributed by atoms with E-state index in [1.807, 2.05) is 0 Å². The molecule has 1 fully saturated rings. The summed E-state index contributed by atoms with van der Waals surface area (Å²) in [7, 11) is 3.00. The molecule has 1 radical (unpaired) electrons. The standard InChI is InChI=1S/C4H8.2CH5N.Y/c1-2-4-3-1;2*1-2;/h1-4H2;2*2H2,1H3;. The molecule has 2 nitrogen and oxygen atoms in total. The first-order valence-corrected chi connectivity index (χ1v) is 3.15. The Hall–Kier alpha value is 1.02. The smallest absolute Gasteiger partial charge is 0 e. The third-order valence-electron chi connectivity index (χ3n) is 1.000. The molecule has 0 aromatic carbocycles. The fourth-order valence-electron chi connectivity index (χ4n) is 0.250. The monoisotopic (exact) mass is 207 g/mol. The van der Waals surface area contributed by atoms with Crippen LogP contribution in [0.2, 0.25) is 0 Å². The van der Waals surface area contributed by atoms with E-state index in [9.17, 15) is 0 Å². The number of hydrogen-bond donors (Lipinski definition) is 2. The molecule has 0 aromatic rings. The summed E-state index contributed by atoms with van der Waals surface area (Å²) in [6, 6.07) is 0. The fraction of sp³-hybridized carbons (Fsp3) is 1.00. The third kappa shape index (κ3) is 17.6. The van der Waals surface area contributed by atoms with Gasteiger partial charge >= 0.3 is 0 Å². The van der Waals surface area contributed by atoms with Crippen LogP contribution in [0.5, 0.6) is 0 Å². The summed E-state index contributed by atoms with van der Waals surface area (Å²) in [5.74, 6) is 0. The maximum absolute atomic E-state index is 4.50. The van der Waals surface area contributed by atoms with Crippen molar-refractivity contribution in [1.29, 1.82) is 0 Å². The van der Waals surface area contributed by atoms with Crippen LogP contribution in [0.25, 0.3) is 0 Å². The zero-order chi connectivity index (χ0) is 6.83. The van der Waals surface area contributed by atoms with Gasteiger partial charge in [-0.3, -0.25) is 0 Å². The minimum atomic E-state index is 0. The summed E-state index contributed by atoms with van der Waals surface area (Å²) in [4.78, 5) is 0. The molecule has 0 unspecified atom stereocenters. The van der Waals surface area contributed by atoms with Gasteiger partial charge in [0.2, 0.25) is 0 Å². The first kappa shape index (κ1) is 16.5. The molecule has 0 aliphatic heterocycles. The summed E-state index contributed by atoms with van der Waals surface area (Å²) >= 11 is 0. The topological polar surface area (TPSA) is 52.0 Å². The molecule has 0 heterocycles. The first-order valence-electron chi connectivity index (χ1n) is 3.15. The van der Waals surface area contributed by atoms with Gasteiger partial charge in [0.15, 0.2) is 0 Å². The average Bonchev–Trinajstić information content (AvgIpc) is 1.72. The predicted octanol–water partition coefficient (Wildman–Crippen LogP) is 0.708. The second-order valence-corrected chi connectivity index (χ2v) is 1.41. The summed E-state index contributed by atoms with van der Waals surface area (Å²) in [6.45, 7) is 0. The molecule has 1 saturated carbocycles. The zero-order valence-electron chi connectivity index (χ0n) is 6.56. The van der Waals surface area contributed by atoms with Crippen LogP contribution < -0.4 is 11.5 Å². The first-order chi connectivity index (χ1) is 4.00. The minimum absolute atomic E-state index is 0. The Balaban J connectivity index is -0.0000000651. The number of nitrogens with two attached hydrogens (primary N) is 2. The molecule has 9 heavy (non-hydrogen) atoms. The Morgan fingerprint density at radius 3 is 0.778 bits per heavy atom. The van der Waals surface area contributed by atoms with Gasteiger partial charge in [0.25, 0.3) is 0 Å². The Bertz CT molecular complexity index is 19.0. The van der Waals surface area contributed by atoms with Gasteiger partial charge < -0.3 is 11.5 Å². The van der Waals surface area contributed by atoms with Crippen LogP contribution >= 0.6 is 0 Å². The fourth-order valence-corrected chi connectivity index (χ4v) is 0.250. The van der Waals surface area contributed by atoms with Gasteiger partial charge in [-0.05, 0) is 14.1 Å². The van der Waals surface area contributed by atoms with Crippen LogP contribution in [-0.4, -0.2) is 14.1 Å². The van der Waals surface area contributed by atoms with E-state index in [0.717, 1.165) is 0 Å². The van der Waals surface area contributed by atoms with Crippen molar-refractivity contribution in [3.63, 3.8) is 0 Å². The molecule has 3 heteroatoms. The van der Waals surface area contributed by atoms with Crippen molar-refractivity contribution >= 4 is 0 Å². The van der Waals surface area contributed by atoms with E-state index < -0.39 is 0 Å². The Kier molecular flexibility index (Phi) is 42.3. The average molecular weight is 207 g/mol. The van der Waals surface area contributed by atoms with Crippen molar-refractivity contribution in [3.05, 3.63) is 0 Å². The summed E-state index contributed by atoms with van der Waals surface area (Å²) in [6.07, 6.45) is 6.00.